The third kappa shape index (κ3) is 2.91. The van der Waals surface area contributed by atoms with Gasteiger partial charge in [-0.3, -0.25) is 0 Å². The molecule has 3 nitrogen and oxygen atoms in total. The monoisotopic (exact) mass is 234 g/mol. The van der Waals surface area contributed by atoms with E-state index in [1.807, 2.05) is 19.1 Å². The number of nitrogens with zero attached hydrogens (tertiary/aromatic N) is 1. The summed E-state index contributed by atoms with van der Waals surface area (Å²) in [4.78, 5) is 2.40. The third-order valence-electron chi connectivity index (χ3n) is 3.78. The lowest BCUT2D eigenvalue weighted by molar-refractivity contribution is 0.190. The Labute approximate surface area is 103 Å². The molecule has 0 radical (unpaired) electrons. The molecule has 0 amide bonds. The molecule has 2 N–H and O–H groups in total. The highest BCUT2D eigenvalue weighted by Gasteiger charge is 2.22. The molecule has 2 atom stereocenters. The Kier molecular flexibility index (Phi) is 3.57. The predicted octanol–water partition coefficient (Wildman–Crippen LogP) is 2.60. The number of aryl methyl sites for hydroxylation is 1. The van der Waals surface area contributed by atoms with Gasteiger partial charge in [0, 0.05) is 24.3 Å². The lowest BCUT2D eigenvalue weighted by atomic mass is 9.98. The van der Waals surface area contributed by atoms with E-state index in [1.165, 1.54) is 12.8 Å². The minimum absolute atomic E-state index is 0.368. The Bertz CT molecular complexity index is 392. The molecule has 17 heavy (non-hydrogen) atoms. The average Bonchev–Trinajstić information content (AvgIpc) is 2.29. The Morgan fingerprint density at radius 1 is 1.41 bits per heavy atom. The molecule has 0 spiro atoms. The molecule has 0 saturated carbocycles. The fraction of sp³-hybridized carbons (Fsp3) is 0.571. The van der Waals surface area contributed by atoms with Crippen molar-refractivity contribution in [1.29, 1.82) is 0 Å². The van der Waals surface area contributed by atoms with Crippen LogP contribution in [0.3, 0.4) is 0 Å². The summed E-state index contributed by atoms with van der Waals surface area (Å²) in [7, 11) is 2.19. The Hall–Kier alpha value is -1.22. The number of anilines is 1. The van der Waals surface area contributed by atoms with Gasteiger partial charge in [0.2, 0.25) is 0 Å². The number of rotatable bonds is 2. The van der Waals surface area contributed by atoms with Crippen molar-refractivity contribution in [2.24, 2.45) is 0 Å². The molecule has 0 aliphatic carbocycles. The number of likely N-dealkylation sites (tertiary alicyclic amines) is 1. The van der Waals surface area contributed by atoms with E-state index in [4.69, 9.17) is 0 Å². The van der Waals surface area contributed by atoms with Crippen LogP contribution in [0.5, 0.6) is 5.75 Å². The van der Waals surface area contributed by atoms with E-state index in [0.29, 0.717) is 17.8 Å². The molecule has 3 heteroatoms. The molecule has 1 fully saturated rings. The minimum atomic E-state index is 0.368. The van der Waals surface area contributed by atoms with Crippen LogP contribution < -0.4 is 5.32 Å². The van der Waals surface area contributed by atoms with Crippen molar-refractivity contribution in [1.82, 2.24) is 4.90 Å². The molecule has 1 saturated heterocycles. The van der Waals surface area contributed by atoms with Gasteiger partial charge in [0.1, 0.15) is 5.75 Å². The summed E-state index contributed by atoms with van der Waals surface area (Å²) in [5, 5.41) is 13.1. The van der Waals surface area contributed by atoms with Crippen LogP contribution in [0.15, 0.2) is 18.2 Å². The number of phenolic OH excluding ortho intramolecular Hbond substituents is 1. The second-order valence-corrected chi connectivity index (χ2v) is 5.20. The number of hydrogen-bond acceptors (Lipinski definition) is 3. The maximum atomic E-state index is 9.49. The van der Waals surface area contributed by atoms with Crippen molar-refractivity contribution in [3.05, 3.63) is 23.8 Å². The summed E-state index contributed by atoms with van der Waals surface area (Å²) in [5.74, 6) is 0.368. The van der Waals surface area contributed by atoms with E-state index < -0.39 is 0 Å². The van der Waals surface area contributed by atoms with E-state index in [1.54, 1.807) is 6.07 Å². The van der Waals surface area contributed by atoms with Gasteiger partial charge in [-0.15, -0.1) is 0 Å². The zero-order chi connectivity index (χ0) is 12.4. The Morgan fingerprint density at radius 3 is 2.82 bits per heavy atom. The van der Waals surface area contributed by atoms with Gasteiger partial charge in [-0.2, -0.15) is 0 Å². The van der Waals surface area contributed by atoms with Gasteiger partial charge in [-0.05, 0) is 57.5 Å². The number of nitrogens with one attached hydrogen (secondary N) is 1. The summed E-state index contributed by atoms with van der Waals surface area (Å²) in [6.45, 7) is 5.35. The maximum absolute atomic E-state index is 9.49. The van der Waals surface area contributed by atoms with Gasteiger partial charge in [-0.25, -0.2) is 0 Å². The van der Waals surface area contributed by atoms with Crippen LogP contribution in [-0.4, -0.2) is 35.7 Å². The average molecular weight is 234 g/mol. The van der Waals surface area contributed by atoms with Gasteiger partial charge in [0.05, 0.1) is 0 Å². The Balaban J connectivity index is 1.99. The largest absolute Gasteiger partial charge is 0.508 e. The molecule has 1 aromatic carbocycles. The van der Waals surface area contributed by atoms with Crippen LogP contribution in [0, 0.1) is 6.92 Å². The fourth-order valence-corrected chi connectivity index (χ4v) is 2.40. The molecular formula is C14H22N2O. The maximum Gasteiger partial charge on any atom is 0.118 e. The molecule has 2 unspecified atom stereocenters. The summed E-state index contributed by atoms with van der Waals surface area (Å²) in [5.41, 5.74) is 2.04. The first-order valence-corrected chi connectivity index (χ1v) is 6.32. The summed E-state index contributed by atoms with van der Waals surface area (Å²) >= 11 is 0. The zero-order valence-electron chi connectivity index (χ0n) is 10.9. The summed E-state index contributed by atoms with van der Waals surface area (Å²) < 4.78 is 0. The number of phenols is 1. The van der Waals surface area contributed by atoms with Crippen LogP contribution >= 0.6 is 0 Å². The second kappa shape index (κ2) is 4.96. The van der Waals surface area contributed by atoms with E-state index in [0.717, 1.165) is 17.8 Å². The molecular weight excluding hydrogens is 212 g/mol. The van der Waals surface area contributed by atoms with Gasteiger partial charge < -0.3 is 15.3 Å². The van der Waals surface area contributed by atoms with Crippen molar-refractivity contribution in [3.63, 3.8) is 0 Å². The predicted molar refractivity (Wildman–Crippen MR) is 71.6 cm³/mol. The van der Waals surface area contributed by atoms with Crippen LogP contribution in [-0.2, 0) is 0 Å². The van der Waals surface area contributed by atoms with Crippen LogP contribution in [0.2, 0.25) is 0 Å². The molecule has 1 aliphatic heterocycles. The smallest absolute Gasteiger partial charge is 0.118 e. The van der Waals surface area contributed by atoms with Crippen molar-refractivity contribution in [3.8, 4) is 5.75 Å². The van der Waals surface area contributed by atoms with Gasteiger partial charge in [0.25, 0.3) is 0 Å². The van der Waals surface area contributed by atoms with Crippen molar-refractivity contribution < 1.29 is 5.11 Å². The highest BCUT2D eigenvalue weighted by Crippen LogP contribution is 2.23. The molecule has 1 aliphatic rings. The summed E-state index contributed by atoms with van der Waals surface area (Å²) in [6.07, 6.45) is 2.36. The lowest BCUT2D eigenvalue weighted by Gasteiger charge is -2.35. The minimum Gasteiger partial charge on any atom is -0.508 e. The van der Waals surface area contributed by atoms with Crippen LogP contribution in [0.1, 0.15) is 25.3 Å². The first kappa shape index (κ1) is 12.2. The van der Waals surface area contributed by atoms with E-state index in [9.17, 15) is 5.11 Å². The first-order chi connectivity index (χ1) is 8.06. The van der Waals surface area contributed by atoms with Crippen molar-refractivity contribution >= 4 is 5.69 Å². The van der Waals surface area contributed by atoms with E-state index in [-0.39, 0.29) is 0 Å². The van der Waals surface area contributed by atoms with Crippen LogP contribution in [0.25, 0.3) is 0 Å². The Morgan fingerprint density at radius 2 is 2.18 bits per heavy atom. The highest BCUT2D eigenvalue weighted by molar-refractivity contribution is 5.50. The van der Waals surface area contributed by atoms with Crippen molar-refractivity contribution in [2.45, 2.75) is 38.8 Å². The first-order valence-electron chi connectivity index (χ1n) is 6.32. The van der Waals surface area contributed by atoms with Crippen molar-refractivity contribution in [2.75, 3.05) is 18.9 Å². The number of hydrogen-bond donors (Lipinski definition) is 2. The number of aromatic hydroxyl groups is 1. The fourth-order valence-electron chi connectivity index (χ4n) is 2.40. The molecule has 1 heterocycles. The number of benzene rings is 1. The third-order valence-corrected chi connectivity index (χ3v) is 3.78. The normalized spacial score (nSPS) is 25.8. The molecule has 1 aromatic rings. The standard InChI is InChI=1S/C14H22N2O/c1-10-8-12(4-5-14(10)17)15-13-6-7-16(3)11(2)9-13/h4-5,8,11,13,15,17H,6-7,9H2,1-3H3. The molecule has 0 bridgehead atoms. The van der Waals surface area contributed by atoms with Crippen LogP contribution in [0.4, 0.5) is 5.69 Å². The zero-order valence-corrected chi connectivity index (χ0v) is 10.9. The SMILES string of the molecule is Cc1cc(NC2CCN(C)C(C)C2)ccc1O. The highest BCUT2D eigenvalue weighted by atomic mass is 16.3. The lowest BCUT2D eigenvalue weighted by Crippen LogP contribution is -2.42. The number of piperidine rings is 1. The van der Waals surface area contributed by atoms with E-state index >= 15 is 0 Å². The molecule has 0 aromatic heterocycles. The quantitative estimate of drug-likeness (QED) is 0.772. The summed E-state index contributed by atoms with van der Waals surface area (Å²) in [6, 6.07) is 6.91. The van der Waals surface area contributed by atoms with Gasteiger partial charge in [0.15, 0.2) is 0 Å². The second-order valence-electron chi connectivity index (χ2n) is 5.20. The van der Waals surface area contributed by atoms with E-state index in [2.05, 4.69) is 24.2 Å². The molecule has 94 valence electrons. The van der Waals surface area contributed by atoms with Gasteiger partial charge >= 0.3 is 0 Å². The topological polar surface area (TPSA) is 35.5 Å². The molecule has 2 rings (SSSR count). The van der Waals surface area contributed by atoms with Gasteiger partial charge in [-0.1, -0.05) is 0 Å².